The number of carbonyl (C=O) groups excluding carboxylic acids is 1. The Balaban J connectivity index is 1.86. The first-order chi connectivity index (χ1) is 8.29. The van der Waals surface area contributed by atoms with E-state index in [-0.39, 0.29) is 11.9 Å². The topological polar surface area (TPSA) is 42.4 Å². The fraction of sp³-hybridized carbons (Fsp3) is 0.667. The van der Waals surface area contributed by atoms with Crippen molar-refractivity contribution in [1.29, 1.82) is 0 Å². The molecule has 1 aromatic rings. The standard InChI is InChI=1S/C12H18N2O2S/c1-2-16-12(15)10-4-3-6-14(8-10)9-11-13-5-7-17-11/h5,7,10H,2-4,6,8-9H2,1H3/t10-/m1/s1. The van der Waals surface area contributed by atoms with E-state index in [4.69, 9.17) is 4.74 Å². The number of rotatable bonds is 4. The summed E-state index contributed by atoms with van der Waals surface area (Å²) >= 11 is 1.67. The number of esters is 1. The van der Waals surface area contributed by atoms with Gasteiger partial charge in [-0.3, -0.25) is 9.69 Å². The highest BCUT2D eigenvalue weighted by Gasteiger charge is 2.26. The van der Waals surface area contributed by atoms with Crippen molar-refractivity contribution in [2.75, 3.05) is 19.7 Å². The lowest BCUT2D eigenvalue weighted by molar-refractivity contribution is -0.150. The van der Waals surface area contributed by atoms with Gasteiger partial charge in [0.05, 0.1) is 19.1 Å². The second-order valence-corrected chi connectivity index (χ2v) is 5.23. The number of carbonyl (C=O) groups is 1. The Bertz CT molecular complexity index is 353. The third-order valence-electron chi connectivity index (χ3n) is 2.97. The van der Waals surface area contributed by atoms with Crippen LogP contribution in [0.25, 0.3) is 0 Å². The van der Waals surface area contributed by atoms with Crippen molar-refractivity contribution < 1.29 is 9.53 Å². The molecule has 0 aliphatic carbocycles. The van der Waals surface area contributed by atoms with Crippen LogP contribution in [0.2, 0.25) is 0 Å². The minimum atomic E-state index is -0.0451. The molecule has 0 N–H and O–H groups in total. The fourth-order valence-corrected chi connectivity index (χ4v) is 2.83. The summed E-state index contributed by atoms with van der Waals surface area (Å²) in [5.41, 5.74) is 0. The molecule has 4 nitrogen and oxygen atoms in total. The smallest absolute Gasteiger partial charge is 0.310 e. The predicted molar refractivity (Wildman–Crippen MR) is 66.7 cm³/mol. The van der Waals surface area contributed by atoms with Gasteiger partial charge in [-0.25, -0.2) is 4.98 Å². The normalized spacial score (nSPS) is 21.4. The number of aromatic nitrogens is 1. The zero-order chi connectivity index (χ0) is 12.1. The molecule has 1 fully saturated rings. The summed E-state index contributed by atoms with van der Waals surface area (Å²) < 4.78 is 5.09. The molecular formula is C12H18N2O2S. The Morgan fingerprint density at radius 3 is 3.29 bits per heavy atom. The van der Waals surface area contributed by atoms with E-state index in [2.05, 4.69) is 9.88 Å². The highest BCUT2D eigenvalue weighted by Crippen LogP contribution is 2.20. The van der Waals surface area contributed by atoms with Gasteiger partial charge in [0, 0.05) is 18.1 Å². The first kappa shape index (κ1) is 12.5. The highest BCUT2D eigenvalue weighted by molar-refractivity contribution is 7.09. The van der Waals surface area contributed by atoms with Gasteiger partial charge in [0.1, 0.15) is 5.01 Å². The Kier molecular flexibility index (Phi) is 4.50. The molecule has 1 aromatic heterocycles. The molecule has 17 heavy (non-hydrogen) atoms. The van der Waals surface area contributed by atoms with Crippen LogP contribution < -0.4 is 0 Å². The largest absolute Gasteiger partial charge is 0.466 e. The molecule has 0 saturated carbocycles. The summed E-state index contributed by atoms with van der Waals surface area (Å²) in [6.45, 7) is 5.04. The number of likely N-dealkylation sites (tertiary alicyclic amines) is 1. The van der Waals surface area contributed by atoms with Crippen molar-refractivity contribution in [1.82, 2.24) is 9.88 Å². The van der Waals surface area contributed by atoms with Crippen LogP contribution in [-0.4, -0.2) is 35.5 Å². The molecule has 0 aromatic carbocycles. The minimum absolute atomic E-state index is 0.0451. The molecule has 1 aliphatic heterocycles. The van der Waals surface area contributed by atoms with E-state index in [1.165, 1.54) is 0 Å². The number of ether oxygens (including phenoxy) is 1. The van der Waals surface area contributed by atoms with Gasteiger partial charge in [-0.1, -0.05) is 0 Å². The molecule has 2 rings (SSSR count). The molecule has 5 heteroatoms. The average molecular weight is 254 g/mol. The van der Waals surface area contributed by atoms with Crippen molar-refractivity contribution in [2.45, 2.75) is 26.3 Å². The van der Waals surface area contributed by atoms with Gasteiger partial charge in [0.15, 0.2) is 0 Å². The van der Waals surface area contributed by atoms with Crippen LogP contribution in [0, 0.1) is 5.92 Å². The molecule has 1 aliphatic rings. The molecule has 94 valence electrons. The first-order valence-electron chi connectivity index (χ1n) is 6.07. The van der Waals surface area contributed by atoms with Gasteiger partial charge < -0.3 is 4.74 Å². The van der Waals surface area contributed by atoms with Crippen LogP contribution in [0.3, 0.4) is 0 Å². The first-order valence-corrected chi connectivity index (χ1v) is 6.95. The zero-order valence-electron chi connectivity index (χ0n) is 10.1. The number of hydrogen-bond donors (Lipinski definition) is 0. The number of thiazole rings is 1. The van der Waals surface area contributed by atoms with E-state index < -0.39 is 0 Å². The molecule has 1 atom stereocenters. The average Bonchev–Trinajstić information content (AvgIpc) is 2.82. The van der Waals surface area contributed by atoms with Crippen molar-refractivity contribution in [3.05, 3.63) is 16.6 Å². The van der Waals surface area contributed by atoms with E-state index in [0.29, 0.717) is 6.61 Å². The third kappa shape index (κ3) is 3.51. The number of hydrogen-bond acceptors (Lipinski definition) is 5. The SMILES string of the molecule is CCOC(=O)[C@@H]1CCCN(Cc2nccs2)C1. The molecule has 1 saturated heterocycles. The molecule has 0 bridgehead atoms. The second-order valence-electron chi connectivity index (χ2n) is 4.25. The van der Waals surface area contributed by atoms with Crippen LogP contribution in [0.1, 0.15) is 24.8 Å². The molecular weight excluding hydrogens is 236 g/mol. The maximum Gasteiger partial charge on any atom is 0.310 e. The summed E-state index contributed by atoms with van der Waals surface area (Å²) in [7, 11) is 0. The maximum absolute atomic E-state index is 11.7. The van der Waals surface area contributed by atoms with Gasteiger partial charge >= 0.3 is 5.97 Å². The molecule has 0 unspecified atom stereocenters. The van der Waals surface area contributed by atoms with Gasteiger partial charge in [0.25, 0.3) is 0 Å². The Morgan fingerprint density at radius 1 is 1.71 bits per heavy atom. The summed E-state index contributed by atoms with van der Waals surface area (Å²) in [6.07, 6.45) is 3.84. The fourth-order valence-electron chi connectivity index (χ4n) is 2.17. The lowest BCUT2D eigenvalue weighted by atomic mass is 9.98. The summed E-state index contributed by atoms with van der Waals surface area (Å²) in [5, 5.41) is 3.11. The van der Waals surface area contributed by atoms with Crippen molar-refractivity contribution in [2.24, 2.45) is 5.92 Å². The third-order valence-corrected chi connectivity index (χ3v) is 3.73. The van der Waals surface area contributed by atoms with Gasteiger partial charge in [-0.15, -0.1) is 11.3 Å². The molecule has 0 spiro atoms. The lowest BCUT2D eigenvalue weighted by Gasteiger charge is -2.30. The molecule has 2 heterocycles. The Hall–Kier alpha value is -0.940. The van der Waals surface area contributed by atoms with E-state index in [9.17, 15) is 4.79 Å². The van der Waals surface area contributed by atoms with Crippen molar-refractivity contribution in [3.8, 4) is 0 Å². The lowest BCUT2D eigenvalue weighted by Crippen LogP contribution is -2.38. The van der Waals surface area contributed by atoms with E-state index in [1.807, 2.05) is 18.5 Å². The zero-order valence-corrected chi connectivity index (χ0v) is 10.9. The van der Waals surface area contributed by atoms with Crippen LogP contribution in [0.4, 0.5) is 0 Å². The Morgan fingerprint density at radius 2 is 2.59 bits per heavy atom. The number of piperidine rings is 1. The minimum Gasteiger partial charge on any atom is -0.466 e. The van der Waals surface area contributed by atoms with Crippen molar-refractivity contribution in [3.63, 3.8) is 0 Å². The summed E-state index contributed by atoms with van der Waals surface area (Å²) in [5.74, 6) is 0.000000945. The Labute approximate surface area is 106 Å². The van der Waals surface area contributed by atoms with Crippen LogP contribution in [0.15, 0.2) is 11.6 Å². The van der Waals surface area contributed by atoms with Crippen molar-refractivity contribution >= 4 is 17.3 Å². The molecule has 0 radical (unpaired) electrons. The second kappa shape index (κ2) is 6.12. The summed E-state index contributed by atoms with van der Waals surface area (Å²) in [6, 6.07) is 0. The quantitative estimate of drug-likeness (QED) is 0.770. The molecule has 0 amide bonds. The van der Waals surface area contributed by atoms with E-state index in [1.54, 1.807) is 11.3 Å². The van der Waals surface area contributed by atoms with Gasteiger partial charge in [-0.2, -0.15) is 0 Å². The van der Waals surface area contributed by atoms with Crippen LogP contribution in [0.5, 0.6) is 0 Å². The predicted octanol–water partition coefficient (Wildman–Crippen LogP) is 1.92. The maximum atomic E-state index is 11.7. The van der Waals surface area contributed by atoms with E-state index in [0.717, 1.165) is 37.5 Å². The van der Waals surface area contributed by atoms with Gasteiger partial charge in [0.2, 0.25) is 0 Å². The van der Waals surface area contributed by atoms with Gasteiger partial charge in [-0.05, 0) is 26.3 Å². The van der Waals surface area contributed by atoms with Crippen LogP contribution >= 0.6 is 11.3 Å². The number of nitrogens with zero attached hydrogens (tertiary/aromatic N) is 2. The van der Waals surface area contributed by atoms with E-state index >= 15 is 0 Å². The highest BCUT2D eigenvalue weighted by atomic mass is 32.1. The monoisotopic (exact) mass is 254 g/mol. The summed E-state index contributed by atoms with van der Waals surface area (Å²) in [4.78, 5) is 18.3. The van der Waals surface area contributed by atoms with Crippen LogP contribution in [-0.2, 0) is 16.1 Å².